The standard InChI is InChI=1S/C12H14FN3O4/c1-7(17)14-4-5-15-12(20)16-10-3-2-8(11(18)19)6-9(10)13/h2-3,6H,4-5H2,1H3,(H,14,17)(H,18,19)(H2,15,16,20). The number of urea groups is 1. The molecule has 1 rings (SSSR count). The van der Waals surface area contributed by atoms with E-state index < -0.39 is 17.8 Å². The topological polar surface area (TPSA) is 108 Å². The van der Waals surface area contributed by atoms with Gasteiger partial charge in [-0.25, -0.2) is 14.0 Å². The molecule has 0 saturated carbocycles. The first kappa shape index (κ1) is 15.4. The van der Waals surface area contributed by atoms with Crippen LogP contribution >= 0.6 is 0 Å². The van der Waals surface area contributed by atoms with Crippen LogP contribution in [0, 0.1) is 5.82 Å². The number of carbonyl (C=O) groups is 3. The number of benzene rings is 1. The van der Waals surface area contributed by atoms with Crippen LogP contribution < -0.4 is 16.0 Å². The lowest BCUT2D eigenvalue weighted by atomic mass is 10.2. The van der Waals surface area contributed by atoms with Crippen molar-refractivity contribution in [2.75, 3.05) is 18.4 Å². The summed E-state index contributed by atoms with van der Waals surface area (Å²) in [7, 11) is 0. The molecule has 0 saturated heterocycles. The van der Waals surface area contributed by atoms with Crippen molar-refractivity contribution in [2.45, 2.75) is 6.92 Å². The molecule has 8 heteroatoms. The number of carboxylic acids is 1. The predicted octanol–water partition coefficient (Wildman–Crippen LogP) is 0.781. The Hall–Kier alpha value is -2.64. The van der Waals surface area contributed by atoms with Crippen molar-refractivity contribution in [3.05, 3.63) is 29.6 Å². The third kappa shape index (κ3) is 4.92. The fourth-order valence-electron chi connectivity index (χ4n) is 1.33. The molecular formula is C12H14FN3O4. The van der Waals surface area contributed by atoms with Gasteiger partial charge in [-0.2, -0.15) is 0 Å². The highest BCUT2D eigenvalue weighted by Gasteiger charge is 2.10. The molecule has 0 heterocycles. The van der Waals surface area contributed by atoms with E-state index >= 15 is 0 Å². The molecule has 0 spiro atoms. The Labute approximate surface area is 114 Å². The van der Waals surface area contributed by atoms with Crippen LogP contribution in [-0.2, 0) is 4.79 Å². The van der Waals surface area contributed by atoms with Crippen molar-refractivity contribution in [3.63, 3.8) is 0 Å². The lowest BCUT2D eigenvalue weighted by Crippen LogP contribution is -2.36. The van der Waals surface area contributed by atoms with Crippen LogP contribution in [0.25, 0.3) is 0 Å². The average molecular weight is 283 g/mol. The number of hydrogen-bond acceptors (Lipinski definition) is 3. The highest BCUT2D eigenvalue weighted by Crippen LogP contribution is 2.15. The van der Waals surface area contributed by atoms with Gasteiger partial charge in [0, 0.05) is 20.0 Å². The van der Waals surface area contributed by atoms with Crippen LogP contribution in [0.2, 0.25) is 0 Å². The largest absolute Gasteiger partial charge is 0.478 e. The minimum atomic E-state index is -1.25. The van der Waals surface area contributed by atoms with Gasteiger partial charge in [0.25, 0.3) is 0 Å². The smallest absolute Gasteiger partial charge is 0.335 e. The molecule has 0 atom stereocenters. The molecule has 1 aromatic carbocycles. The van der Waals surface area contributed by atoms with Gasteiger partial charge in [0.05, 0.1) is 11.3 Å². The van der Waals surface area contributed by atoms with E-state index in [1.807, 2.05) is 0 Å². The van der Waals surface area contributed by atoms with Crippen LogP contribution in [0.5, 0.6) is 0 Å². The van der Waals surface area contributed by atoms with E-state index in [2.05, 4.69) is 16.0 Å². The molecule has 108 valence electrons. The number of carboxylic acid groups (broad SMARTS) is 1. The molecule has 3 amide bonds. The van der Waals surface area contributed by atoms with E-state index in [0.717, 1.165) is 12.1 Å². The maximum atomic E-state index is 13.5. The molecule has 0 aliphatic rings. The van der Waals surface area contributed by atoms with Gasteiger partial charge in [-0.05, 0) is 18.2 Å². The molecule has 1 aromatic rings. The van der Waals surface area contributed by atoms with Gasteiger partial charge in [0.15, 0.2) is 0 Å². The summed E-state index contributed by atoms with van der Waals surface area (Å²) in [4.78, 5) is 32.6. The third-order valence-electron chi connectivity index (χ3n) is 2.25. The summed E-state index contributed by atoms with van der Waals surface area (Å²) in [6.07, 6.45) is 0. The van der Waals surface area contributed by atoms with E-state index in [1.54, 1.807) is 0 Å². The quantitative estimate of drug-likeness (QED) is 0.599. The molecule has 20 heavy (non-hydrogen) atoms. The van der Waals surface area contributed by atoms with Gasteiger partial charge in [-0.15, -0.1) is 0 Å². The molecule has 0 fully saturated rings. The molecule has 4 N–H and O–H groups in total. The van der Waals surface area contributed by atoms with E-state index in [1.165, 1.54) is 13.0 Å². The molecule has 7 nitrogen and oxygen atoms in total. The van der Waals surface area contributed by atoms with Gasteiger partial charge in [-0.3, -0.25) is 4.79 Å². The zero-order valence-corrected chi connectivity index (χ0v) is 10.7. The summed E-state index contributed by atoms with van der Waals surface area (Å²) in [5, 5.41) is 15.8. The van der Waals surface area contributed by atoms with Crippen molar-refractivity contribution in [3.8, 4) is 0 Å². The van der Waals surface area contributed by atoms with Crippen molar-refractivity contribution in [1.29, 1.82) is 0 Å². The number of nitrogens with one attached hydrogen (secondary N) is 3. The first-order valence-electron chi connectivity index (χ1n) is 5.72. The maximum Gasteiger partial charge on any atom is 0.335 e. The van der Waals surface area contributed by atoms with Crippen LogP contribution in [-0.4, -0.2) is 36.1 Å². The number of hydrogen-bond donors (Lipinski definition) is 4. The zero-order valence-electron chi connectivity index (χ0n) is 10.7. The van der Waals surface area contributed by atoms with Crippen LogP contribution in [0.4, 0.5) is 14.9 Å². The second kappa shape index (κ2) is 7.07. The Morgan fingerprint density at radius 1 is 1.20 bits per heavy atom. The fourth-order valence-corrected chi connectivity index (χ4v) is 1.33. The SMILES string of the molecule is CC(=O)NCCNC(=O)Nc1ccc(C(=O)O)cc1F. The zero-order chi connectivity index (χ0) is 15.1. The Balaban J connectivity index is 2.50. The van der Waals surface area contributed by atoms with Crippen LogP contribution in [0.3, 0.4) is 0 Å². The second-order valence-corrected chi connectivity index (χ2v) is 3.86. The normalized spacial score (nSPS) is 9.70. The first-order chi connectivity index (χ1) is 9.40. The number of halogens is 1. The van der Waals surface area contributed by atoms with Gasteiger partial charge in [0.2, 0.25) is 5.91 Å². The molecule has 0 unspecified atom stereocenters. The minimum Gasteiger partial charge on any atom is -0.478 e. The van der Waals surface area contributed by atoms with E-state index in [0.29, 0.717) is 0 Å². The average Bonchev–Trinajstić information content (AvgIpc) is 2.36. The Bertz CT molecular complexity index is 533. The summed E-state index contributed by atoms with van der Waals surface area (Å²) in [5.41, 5.74) is -0.342. The summed E-state index contributed by atoms with van der Waals surface area (Å²) < 4.78 is 13.5. The predicted molar refractivity (Wildman–Crippen MR) is 69.1 cm³/mol. The number of aromatic carboxylic acids is 1. The Morgan fingerprint density at radius 2 is 1.85 bits per heavy atom. The minimum absolute atomic E-state index is 0.132. The van der Waals surface area contributed by atoms with E-state index in [9.17, 15) is 18.8 Å². The Kier molecular flexibility index (Phi) is 5.45. The van der Waals surface area contributed by atoms with Crippen molar-refractivity contribution in [2.24, 2.45) is 0 Å². The summed E-state index contributed by atoms with van der Waals surface area (Å²) in [5.74, 6) is -2.32. The van der Waals surface area contributed by atoms with Gasteiger partial charge in [-0.1, -0.05) is 0 Å². The highest BCUT2D eigenvalue weighted by atomic mass is 19.1. The number of carbonyl (C=O) groups excluding carboxylic acids is 2. The van der Waals surface area contributed by atoms with E-state index in [4.69, 9.17) is 5.11 Å². The molecule has 0 bridgehead atoms. The van der Waals surface area contributed by atoms with Crippen LogP contribution in [0.15, 0.2) is 18.2 Å². The summed E-state index contributed by atoms with van der Waals surface area (Å²) in [6, 6.07) is 2.50. The number of amides is 3. The Morgan fingerprint density at radius 3 is 2.40 bits per heavy atom. The lowest BCUT2D eigenvalue weighted by molar-refractivity contribution is -0.118. The second-order valence-electron chi connectivity index (χ2n) is 3.86. The molecule has 0 aliphatic heterocycles. The van der Waals surface area contributed by atoms with Crippen molar-refractivity contribution < 1.29 is 23.9 Å². The summed E-state index contributed by atoms with van der Waals surface area (Å²) in [6.45, 7) is 1.78. The molecular weight excluding hydrogens is 269 g/mol. The van der Waals surface area contributed by atoms with Crippen molar-refractivity contribution in [1.82, 2.24) is 10.6 Å². The summed E-state index contributed by atoms with van der Waals surface area (Å²) >= 11 is 0. The van der Waals surface area contributed by atoms with Gasteiger partial charge >= 0.3 is 12.0 Å². The molecule has 0 radical (unpaired) electrons. The van der Waals surface area contributed by atoms with E-state index in [-0.39, 0.29) is 30.2 Å². The van der Waals surface area contributed by atoms with Gasteiger partial charge in [0.1, 0.15) is 5.82 Å². The molecule has 0 aliphatic carbocycles. The third-order valence-corrected chi connectivity index (χ3v) is 2.25. The maximum absolute atomic E-state index is 13.5. The number of anilines is 1. The highest BCUT2D eigenvalue weighted by molar-refractivity contribution is 5.91. The monoisotopic (exact) mass is 283 g/mol. The lowest BCUT2D eigenvalue weighted by Gasteiger charge is -2.09. The van der Waals surface area contributed by atoms with Crippen LogP contribution in [0.1, 0.15) is 17.3 Å². The van der Waals surface area contributed by atoms with Crippen molar-refractivity contribution >= 4 is 23.6 Å². The molecule has 0 aromatic heterocycles. The fraction of sp³-hybridized carbons (Fsp3) is 0.250. The first-order valence-corrected chi connectivity index (χ1v) is 5.72. The number of rotatable bonds is 5. The van der Waals surface area contributed by atoms with Gasteiger partial charge < -0.3 is 21.1 Å².